The molecule has 146 valence electrons. The second kappa shape index (κ2) is 8.97. The highest BCUT2D eigenvalue weighted by molar-refractivity contribution is 6.31. The van der Waals surface area contributed by atoms with Gasteiger partial charge in [-0.2, -0.15) is 0 Å². The Morgan fingerprint density at radius 2 is 2.04 bits per heavy atom. The molecule has 2 aromatic carbocycles. The number of amides is 1. The van der Waals surface area contributed by atoms with Gasteiger partial charge in [0.1, 0.15) is 11.6 Å². The average molecular weight is 402 g/mol. The van der Waals surface area contributed by atoms with Crippen LogP contribution in [0.25, 0.3) is 10.9 Å². The minimum atomic E-state index is -0.310. The molecular weight excluding hydrogens is 381 g/mol. The highest BCUT2D eigenvalue weighted by Crippen LogP contribution is 2.16. The summed E-state index contributed by atoms with van der Waals surface area (Å²) in [7, 11) is 0. The zero-order chi connectivity index (χ0) is 20.1. The Morgan fingerprint density at radius 3 is 2.79 bits per heavy atom. The second-order valence-electron chi connectivity index (χ2n) is 6.58. The number of benzene rings is 2. The quantitative estimate of drug-likeness (QED) is 0.648. The Morgan fingerprint density at radius 1 is 1.25 bits per heavy atom. The van der Waals surface area contributed by atoms with Crippen molar-refractivity contribution in [1.29, 1.82) is 0 Å². The fraction of sp³-hybridized carbons (Fsp3) is 0.286. The molecule has 3 rings (SSSR count). The number of aromatic nitrogens is 2. The minimum Gasteiger partial charge on any atom is -0.335 e. The molecule has 5 nitrogen and oxygen atoms in total. The molecule has 0 aliphatic rings. The van der Waals surface area contributed by atoms with E-state index < -0.39 is 0 Å². The molecule has 0 bridgehead atoms. The van der Waals surface area contributed by atoms with Crippen molar-refractivity contribution >= 4 is 28.4 Å². The SMILES string of the molecule is CCCN(Cc1nc2cc(Cl)ccc2c(=O)[nH]1)C(=O)CCc1ccccc1F. The van der Waals surface area contributed by atoms with E-state index in [1.54, 1.807) is 41.3 Å². The highest BCUT2D eigenvalue weighted by Gasteiger charge is 2.16. The fourth-order valence-electron chi connectivity index (χ4n) is 3.08. The lowest BCUT2D eigenvalue weighted by Gasteiger charge is -2.22. The van der Waals surface area contributed by atoms with Crippen LogP contribution >= 0.6 is 11.6 Å². The number of aryl methyl sites for hydroxylation is 1. The smallest absolute Gasteiger partial charge is 0.258 e. The van der Waals surface area contributed by atoms with Crippen molar-refractivity contribution < 1.29 is 9.18 Å². The van der Waals surface area contributed by atoms with E-state index in [4.69, 9.17) is 11.6 Å². The van der Waals surface area contributed by atoms with E-state index in [9.17, 15) is 14.0 Å². The van der Waals surface area contributed by atoms with Crippen molar-refractivity contribution in [2.75, 3.05) is 6.54 Å². The van der Waals surface area contributed by atoms with Crippen LogP contribution in [0.4, 0.5) is 4.39 Å². The van der Waals surface area contributed by atoms with Crippen LogP contribution in [-0.2, 0) is 17.8 Å². The summed E-state index contributed by atoms with van der Waals surface area (Å²) in [6, 6.07) is 11.3. The Balaban J connectivity index is 1.77. The van der Waals surface area contributed by atoms with Gasteiger partial charge in [-0.15, -0.1) is 0 Å². The summed E-state index contributed by atoms with van der Waals surface area (Å²) in [4.78, 5) is 33.8. The monoisotopic (exact) mass is 401 g/mol. The molecule has 0 unspecified atom stereocenters. The number of hydrogen-bond acceptors (Lipinski definition) is 3. The number of fused-ring (bicyclic) bond motifs is 1. The van der Waals surface area contributed by atoms with Crippen LogP contribution < -0.4 is 5.56 Å². The molecule has 0 radical (unpaired) electrons. The first-order valence-corrected chi connectivity index (χ1v) is 9.55. The number of aromatic amines is 1. The van der Waals surface area contributed by atoms with E-state index in [0.717, 1.165) is 6.42 Å². The van der Waals surface area contributed by atoms with E-state index in [-0.39, 0.29) is 30.2 Å². The van der Waals surface area contributed by atoms with Crippen LogP contribution in [0.2, 0.25) is 5.02 Å². The largest absolute Gasteiger partial charge is 0.335 e. The minimum absolute atomic E-state index is 0.112. The van der Waals surface area contributed by atoms with Gasteiger partial charge in [0.15, 0.2) is 0 Å². The van der Waals surface area contributed by atoms with E-state index in [0.29, 0.717) is 40.3 Å². The molecule has 1 heterocycles. The first kappa shape index (κ1) is 20.0. The summed E-state index contributed by atoms with van der Waals surface area (Å²) in [5.74, 6) is -0.0267. The summed E-state index contributed by atoms with van der Waals surface area (Å²) >= 11 is 5.99. The number of nitrogens with one attached hydrogen (secondary N) is 1. The predicted molar refractivity (Wildman–Crippen MR) is 108 cm³/mol. The predicted octanol–water partition coefficient (Wildman–Crippen LogP) is 4.09. The summed E-state index contributed by atoms with van der Waals surface area (Å²) in [5, 5.41) is 0.934. The number of carbonyl (C=O) groups is 1. The third kappa shape index (κ3) is 4.75. The lowest BCUT2D eigenvalue weighted by Crippen LogP contribution is -2.33. The topological polar surface area (TPSA) is 66.1 Å². The summed E-state index contributed by atoms with van der Waals surface area (Å²) in [6.45, 7) is 2.67. The van der Waals surface area contributed by atoms with Gasteiger partial charge in [-0.05, 0) is 42.7 Å². The molecule has 28 heavy (non-hydrogen) atoms. The van der Waals surface area contributed by atoms with Crippen molar-refractivity contribution in [1.82, 2.24) is 14.9 Å². The molecule has 1 aromatic heterocycles. The zero-order valence-electron chi connectivity index (χ0n) is 15.5. The number of hydrogen-bond donors (Lipinski definition) is 1. The molecule has 0 saturated heterocycles. The second-order valence-corrected chi connectivity index (χ2v) is 7.02. The molecule has 0 spiro atoms. The molecule has 0 saturated carbocycles. The van der Waals surface area contributed by atoms with Gasteiger partial charge in [0, 0.05) is 18.0 Å². The lowest BCUT2D eigenvalue weighted by atomic mass is 10.1. The maximum Gasteiger partial charge on any atom is 0.258 e. The van der Waals surface area contributed by atoms with Gasteiger partial charge in [0.25, 0.3) is 5.56 Å². The lowest BCUT2D eigenvalue weighted by molar-refractivity contribution is -0.131. The van der Waals surface area contributed by atoms with Crippen LogP contribution in [-0.4, -0.2) is 27.3 Å². The number of H-pyrrole nitrogens is 1. The number of nitrogens with zero attached hydrogens (tertiary/aromatic N) is 2. The maximum absolute atomic E-state index is 13.8. The molecule has 0 aliphatic carbocycles. The fourth-order valence-corrected chi connectivity index (χ4v) is 3.25. The summed E-state index contributed by atoms with van der Waals surface area (Å²) in [5.41, 5.74) is 0.729. The summed E-state index contributed by atoms with van der Waals surface area (Å²) < 4.78 is 13.8. The van der Waals surface area contributed by atoms with Gasteiger partial charge in [-0.25, -0.2) is 9.37 Å². The van der Waals surface area contributed by atoms with Gasteiger partial charge >= 0.3 is 0 Å². The van der Waals surface area contributed by atoms with Crippen molar-refractivity contribution in [3.63, 3.8) is 0 Å². The Hall–Kier alpha value is -2.73. The van der Waals surface area contributed by atoms with Crippen LogP contribution in [0, 0.1) is 5.82 Å². The van der Waals surface area contributed by atoms with Gasteiger partial charge in [-0.3, -0.25) is 9.59 Å². The summed E-state index contributed by atoms with van der Waals surface area (Å²) in [6.07, 6.45) is 1.27. The average Bonchev–Trinajstić information content (AvgIpc) is 2.66. The Bertz CT molecular complexity index is 1050. The third-order valence-corrected chi connectivity index (χ3v) is 4.71. The molecule has 7 heteroatoms. The number of rotatable bonds is 7. The standard InChI is InChI=1S/C21H21ClFN3O2/c1-2-11-26(20(27)10-7-14-5-3-4-6-17(14)23)13-19-24-18-12-15(22)8-9-16(18)21(28)25-19/h3-6,8-9,12H,2,7,10-11,13H2,1H3,(H,24,25,28). The van der Waals surface area contributed by atoms with Crippen molar-refractivity contribution in [3.8, 4) is 0 Å². The van der Waals surface area contributed by atoms with E-state index in [1.165, 1.54) is 6.07 Å². The van der Waals surface area contributed by atoms with Gasteiger partial charge < -0.3 is 9.88 Å². The van der Waals surface area contributed by atoms with E-state index in [2.05, 4.69) is 9.97 Å². The zero-order valence-corrected chi connectivity index (χ0v) is 16.3. The molecule has 0 fully saturated rings. The van der Waals surface area contributed by atoms with Gasteiger partial charge in [0.2, 0.25) is 5.91 Å². The van der Waals surface area contributed by atoms with Crippen LogP contribution in [0.15, 0.2) is 47.3 Å². The van der Waals surface area contributed by atoms with Gasteiger partial charge in [0.05, 0.1) is 17.4 Å². The normalized spacial score (nSPS) is 11.0. The van der Waals surface area contributed by atoms with E-state index in [1.807, 2.05) is 6.92 Å². The van der Waals surface area contributed by atoms with E-state index >= 15 is 0 Å². The van der Waals surface area contributed by atoms with Crippen molar-refractivity contribution in [2.24, 2.45) is 0 Å². The Labute approximate surface area is 167 Å². The van der Waals surface area contributed by atoms with Crippen LogP contribution in [0.1, 0.15) is 31.2 Å². The molecule has 1 N–H and O–H groups in total. The molecule has 1 amide bonds. The first-order valence-electron chi connectivity index (χ1n) is 9.17. The first-order chi connectivity index (χ1) is 13.5. The maximum atomic E-state index is 13.8. The Kier molecular flexibility index (Phi) is 6.41. The van der Waals surface area contributed by atoms with Crippen LogP contribution in [0.5, 0.6) is 0 Å². The highest BCUT2D eigenvalue weighted by atomic mass is 35.5. The van der Waals surface area contributed by atoms with Crippen LogP contribution in [0.3, 0.4) is 0 Å². The van der Waals surface area contributed by atoms with Crippen molar-refractivity contribution in [2.45, 2.75) is 32.7 Å². The molecular formula is C21H21ClFN3O2. The molecule has 3 aromatic rings. The molecule has 0 aliphatic heterocycles. The molecule has 0 atom stereocenters. The third-order valence-electron chi connectivity index (χ3n) is 4.47. The van der Waals surface area contributed by atoms with Gasteiger partial charge in [-0.1, -0.05) is 36.7 Å². The van der Waals surface area contributed by atoms with Crippen molar-refractivity contribution in [3.05, 3.63) is 75.0 Å². The number of halogens is 2. The number of carbonyl (C=O) groups excluding carboxylic acids is 1.